The van der Waals surface area contributed by atoms with Crippen molar-refractivity contribution in [3.63, 3.8) is 0 Å². The number of piperidine rings is 1. The number of hydrogen-bond donors (Lipinski definition) is 0. The largest absolute Gasteiger partial charge is 0.441 e. The molecule has 2 amide bonds. The van der Waals surface area contributed by atoms with Crippen molar-refractivity contribution in [1.82, 2.24) is 9.80 Å². The number of carbonyl (C=O) groups excluding carboxylic acids is 2. The second-order valence-electron chi connectivity index (χ2n) is 8.77. The van der Waals surface area contributed by atoms with E-state index in [0.717, 1.165) is 16.7 Å². The molecule has 2 saturated heterocycles. The first-order valence-corrected chi connectivity index (χ1v) is 12.3. The van der Waals surface area contributed by atoms with Gasteiger partial charge in [0.1, 0.15) is 5.60 Å². The molecular formula is C27H25IN2O3. The van der Waals surface area contributed by atoms with Crippen LogP contribution in [0, 0.1) is 3.57 Å². The van der Waals surface area contributed by atoms with Crippen LogP contribution in [0.15, 0.2) is 78.9 Å². The zero-order valence-corrected chi connectivity index (χ0v) is 20.4. The van der Waals surface area contributed by atoms with Gasteiger partial charge < -0.3 is 9.64 Å². The number of amides is 2. The molecule has 2 heterocycles. The van der Waals surface area contributed by atoms with Crippen molar-refractivity contribution in [2.24, 2.45) is 0 Å². The van der Waals surface area contributed by atoms with Crippen LogP contribution < -0.4 is 0 Å². The predicted molar refractivity (Wildman–Crippen MR) is 136 cm³/mol. The maximum absolute atomic E-state index is 13.1. The van der Waals surface area contributed by atoms with Crippen molar-refractivity contribution in [3.05, 3.63) is 93.6 Å². The van der Waals surface area contributed by atoms with E-state index in [9.17, 15) is 9.59 Å². The smallest absolute Gasteiger partial charge is 0.410 e. The maximum Gasteiger partial charge on any atom is 0.410 e. The molecule has 2 aliphatic rings. The molecule has 0 aliphatic carbocycles. The molecule has 0 radical (unpaired) electrons. The van der Waals surface area contributed by atoms with E-state index in [0.29, 0.717) is 44.6 Å². The zero-order chi connectivity index (χ0) is 22.8. The number of ether oxygens (including phenoxy) is 1. The SMILES string of the molecule is O=C1OC2(CCN(C(=O)c3ccc(-c4ccccc4)cc3)CC2)CN1Cc1ccc(I)cc1. The monoisotopic (exact) mass is 552 g/mol. The minimum Gasteiger partial charge on any atom is -0.441 e. The average Bonchev–Trinajstić information content (AvgIpc) is 3.15. The summed E-state index contributed by atoms with van der Waals surface area (Å²) in [4.78, 5) is 29.2. The Morgan fingerprint density at radius 1 is 0.879 bits per heavy atom. The second-order valence-corrected chi connectivity index (χ2v) is 10.0. The van der Waals surface area contributed by atoms with Crippen molar-refractivity contribution in [3.8, 4) is 11.1 Å². The van der Waals surface area contributed by atoms with E-state index in [1.165, 1.54) is 3.57 Å². The quantitative estimate of drug-likeness (QED) is 0.397. The fourth-order valence-electron chi connectivity index (χ4n) is 4.62. The summed E-state index contributed by atoms with van der Waals surface area (Å²) >= 11 is 2.27. The first-order valence-electron chi connectivity index (χ1n) is 11.2. The lowest BCUT2D eigenvalue weighted by atomic mass is 9.91. The van der Waals surface area contributed by atoms with E-state index in [1.807, 2.05) is 71.6 Å². The maximum atomic E-state index is 13.1. The molecule has 0 aromatic heterocycles. The first-order chi connectivity index (χ1) is 16.0. The predicted octanol–water partition coefficient (Wildman–Crippen LogP) is 5.59. The molecule has 0 unspecified atom stereocenters. The molecule has 0 atom stereocenters. The van der Waals surface area contributed by atoms with Crippen LogP contribution in [-0.2, 0) is 11.3 Å². The average molecular weight is 552 g/mol. The highest BCUT2D eigenvalue weighted by Crippen LogP contribution is 2.34. The van der Waals surface area contributed by atoms with Crippen molar-refractivity contribution < 1.29 is 14.3 Å². The van der Waals surface area contributed by atoms with Gasteiger partial charge in [0.05, 0.1) is 6.54 Å². The molecule has 5 nitrogen and oxygen atoms in total. The highest BCUT2D eigenvalue weighted by molar-refractivity contribution is 14.1. The summed E-state index contributed by atoms with van der Waals surface area (Å²) in [6.07, 6.45) is 1.07. The van der Waals surface area contributed by atoms with Gasteiger partial charge in [-0.05, 0) is 63.5 Å². The summed E-state index contributed by atoms with van der Waals surface area (Å²) in [5.41, 5.74) is 3.52. The van der Waals surface area contributed by atoms with Gasteiger partial charge >= 0.3 is 6.09 Å². The first kappa shape index (κ1) is 21.9. The van der Waals surface area contributed by atoms with E-state index in [-0.39, 0.29) is 12.0 Å². The standard InChI is InChI=1S/C27H25IN2O3/c28-24-12-6-20(7-13-24)18-30-19-27(33-26(30)32)14-16-29(17-15-27)25(31)23-10-8-22(9-11-23)21-4-2-1-3-5-21/h1-13H,14-19H2. The van der Waals surface area contributed by atoms with Crippen LogP contribution in [0.5, 0.6) is 0 Å². The molecule has 168 valence electrons. The Kier molecular flexibility index (Phi) is 6.10. The van der Waals surface area contributed by atoms with Gasteiger partial charge in [-0.1, -0.05) is 54.6 Å². The minimum atomic E-state index is -0.492. The molecule has 2 fully saturated rings. The van der Waals surface area contributed by atoms with E-state index < -0.39 is 5.60 Å². The van der Waals surface area contributed by atoms with Crippen LogP contribution in [0.4, 0.5) is 4.79 Å². The summed E-state index contributed by atoms with van der Waals surface area (Å²) in [5, 5.41) is 0. The molecule has 6 heteroatoms. The summed E-state index contributed by atoms with van der Waals surface area (Å²) in [7, 11) is 0. The minimum absolute atomic E-state index is 0.0320. The molecule has 0 N–H and O–H groups in total. The molecule has 3 aromatic carbocycles. The molecule has 2 aliphatic heterocycles. The van der Waals surface area contributed by atoms with Crippen LogP contribution in [0.25, 0.3) is 11.1 Å². The molecular weight excluding hydrogens is 527 g/mol. The lowest BCUT2D eigenvalue weighted by molar-refractivity contribution is 0.00313. The van der Waals surface area contributed by atoms with Crippen LogP contribution in [-0.4, -0.2) is 47.0 Å². The Hall–Kier alpha value is -2.87. The Labute approximate surface area is 207 Å². The molecule has 0 saturated carbocycles. The van der Waals surface area contributed by atoms with Gasteiger partial charge in [-0.2, -0.15) is 0 Å². The number of rotatable bonds is 4. The fourth-order valence-corrected chi connectivity index (χ4v) is 4.98. The van der Waals surface area contributed by atoms with E-state index in [2.05, 4.69) is 34.7 Å². The summed E-state index contributed by atoms with van der Waals surface area (Å²) < 4.78 is 7.01. The van der Waals surface area contributed by atoms with Gasteiger partial charge in [0.25, 0.3) is 5.91 Å². The van der Waals surface area contributed by atoms with Crippen LogP contribution in [0.2, 0.25) is 0 Å². The van der Waals surface area contributed by atoms with Crippen molar-refractivity contribution in [2.45, 2.75) is 25.0 Å². The number of halogens is 1. The van der Waals surface area contributed by atoms with E-state index in [1.54, 1.807) is 4.90 Å². The third-order valence-corrected chi connectivity index (χ3v) is 7.25. The third kappa shape index (κ3) is 4.76. The number of benzene rings is 3. The number of carbonyl (C=O) groups is 2. The summed E-state index contributed by atoms with van der Waals surface area (Å²) in [6, 6.07) is 26.1. The van der Waals surface area contributed by atoms with Crippen molar-refractivity contribution >= 4 is 34.6 Å². The molecule has 5 rings (SSSR count). The Bertz CT molecular complexity index is 1140. The lowest BCUT2D eigenvalue weighted by Gasteiger charge is -2.37. The van der Waals surface area contributed by atoms with Gasteiger partial charge in [-0.3, -0.25) is 9.69 Å². The van der Waals surface area contributed by atoms with Gasteiger partial charge in [-0.15, -0.1) is 0 Å². The Morgan fingerprint density at radius 3 is 2.18 bits per heavy atom. The van der Waals surface area contributed by atoms with E-state index >= 15 is 0 Å². The van der Waals surface area contributed by atoms with Crippen molar-refractivity contribution in [1.29, 1.82) is 0 Å². The second kappa shape index (κ2) is 9.17. The molecule has 33 heavy (non-hydrogen) atoms. The van der Waals surface area contributed by atoms with Crippen molar-refractivity contribution in [2.75, 3.05) is 19.6 Å². The number of hydrogen-bond acceptors (Lipinski definition) is 3. The molecule has 1 spiro atoms. The normalized spacial score (nSPS) is 17.3. The number of nitrogens with zero attached hydrogens (tertiary/aromatic N) is 2. The molecule has 3 aromatic rings. The zero-order valence-electron chi connectivity index (χ0n) is 18.2. The summed E-state index contributed by atoms with van der Waals surface area (Å²) in [6.45, 7) is 2.30. The molecule has 0 bridgehead atoms. The highest BCUT2D eigenvalue weighted by Gasteiger charge is 2.47. The van der Waals surface area contributed by atoms with Gasteiger partial charge in [0.15, 0.2) is 0 Å². The summed E-state index contributed by atoms with van der Waals surface area (Å²) in [5.74, 6) is 0.0320. The van der Waals surface area contributed by atoms with Crippen LogP contribution in [0.1, 0.15) is 28.8 Å². The fraction of sp³-hybridized carbons (Fsp3) is 0.259. The van der Waals surface area contributed by atoms with Gasteiger partial charge in [0, 0.05) is 41.6 Å². The highest BCUT2D eigenvalue weighted by atomic mass is 127. The van der Waals surface area contributed by atoms with Gasteiger partial charge in [0.2, 0.25) is 0 Å². The Balaban J connectivity index is 1.19. The van der Waals surface area contributed by atoms with Crippen LogP contribution in [0.3, 0.4) is 0 Å². The topological polar surface area (TPSA) is 49.9 Å². The lowest BCUT2D eigenvalue weighted by Crippen LogP contribution is -2.48. The van der Waals surface area contributed by atoms with E-state index in [4.69, 9.17) is 4.74 Å². The number of likely N-dealkylation sites (tertiary alicyclic amines) is 1. The van der Waals surface area contributed by atoms with Gasteiger partial charge in [-0.25, -0.2) is 4.79 Å². The third-order valence-electron chi connectivity index (χ3n) is 6.53. The van der Waals surface area contributed by atoms with Crippen LogP contribution >= 0.6 is 22.6 Å². The Morgan fingerprint density at radius 2 is 1.52 bits per heavy atom.